The molecule has 0 radical (unpaired) electrons. The summed E-state index contributed by atoms with van der Waals surface area (Å²) in [5.74, 6) is 1.27. The number of pyridine rings is 1. The summed E-state index contributed by atoms with van der Waals surface area (Å²) in [6.07, 6.45) is 5.67. The van der Waals surface area contributed by atoms with Crippen LogP contribution >= 0.6 is 22.6 Å². The molecule has 0 amide bonds. The minimum absolute atomic E-state index is 0.172. The molecule has 4 aromatic rings. The minimum Gasteiger partial charge on any atom is -0.455 e. The van der Waals surface area contributed by atoms with Crippen LogP contribution in [0.15, 0.2) is 48.8 Å². The highest BCUT2D eigenvalue weighted by molar-refractivity contribution is 14.1. The lowest BCUT2D eigenvalue weighted by Gasteiger charge is -2.08. The largest absolute Gasteiger partial charge is 0.455 e. The Morgan fingerprint density at radius 2 is 1.93 bits per heavy atom. The van der Waals surface area contributed by atoms with Gasteiger partial charge in [0.25, 0.3) is 0 Å². The average molecular weight is 486 g/mol. The van der Waals surface area contributed by atoms with E-state index in [0.717, 1.165) is 33.5 Å². The number of hydrogen-bond acceptors (Lipinski definition) is 7. The highest BCUT2D eigenvalue weighted by Crippen LogP contribution is 2.40. The number of hydrogen-bond donors (Lipinski definition) is 0. The molecule has 1 fully saturated rings. The second-order valence-corrected chi connectivity index (χ2v) is 7.65. The molecule has 1 saturated carbocycles. The maximum Gasteiger partial charge on any atom is 0.317 e. The topological polar surface area (TPSA) is 96.4 Å². The lowest BCUT2D eigenvalue weighted by Crippen LogP contribution is -2.06. The van der Waals surface area contributed by atoms with E-state index in [4.69, 9.17) is 4.74 Å². The Labute approximate surface area is 173 Å². The molecule has 0 unspecified atom stereocenters. The van der Waals surface area contributed by atoms with Crippen LogP contribution in [0.4, 0.5) is 0 Å². The molecule has 140 valence electrons. The van der Waals surface area contributed by atoms with Gasteiger partial charge in [-0.25, -0.2) is 0 Å². The van der Waals surface area contributed by atoms with Crippen LogP contribution in [0.3, 0.4) is 0 Å². The highest BCUT2D eigenvalue weighted by Gasteiger charge is 2.31. The van der Waals surface area contributed by atoms with Gasteiger partial charge in [0, 0.05) is 27.6 Å². The first-order valence-electron chi connectivity index (χ1n) is 8.81. The zero-order chi connectivity index (χ0) is 18.9. The van der Waals surface area contributed by atoms with Crippen molar-refractivity contribution in [2.75, 3.05) is 0 Å². The molecular weight excluding hydrogens is 471 g/mol. The summed E-state index contributed by atoms with van der Waals surface area (Å²) in [4.78, 5) is 5.56. The predicted molar refractivity (Wildman–Crippen MR) is 108 cm³/mol. The van der Waals surface area contributed by atoms with Crippen LogP contribution in [-0.2, 0) is 6.61 Å². The first-order valence-corrected chi connectivity index (χ1v) is 9.89. The quantitative estimate of drug-likeness (QED) is 0.387. The smallest absolute Gasteiger partial charge is 0.317 e. The fourth-order valence-corrected chi connectivity index (χ4v) is 3.40. The Hall–Kier alpha value is -2.89. The number of halogens is 1. The summed E-state index contributed by atoms with van der Waals surface area (Å²) in [7, 11) is 0. The van der Waals surface area contributed by atoms with Crippen LogP contribution in [-0.4, -0.2) is 40.0 Å². The number of benzene rings is 1. The van der Waals surface area contributed by atoms with Gasteiger partial charge >= 0.3 is 6.01 Å². The average Bonchev–Trinajstić information content (AvgIpc) is 3.29. The normalized spacial score (nSPS) is 13.6. The number of aromatic nitrogens is 8. The molecule has 1 aromatic carbocycles. The Morgan fingerprint density at radius 3 is 2.71 bits per heavy atom. The van der Waals surface area contributed by atoms with Crippen molar-refractivity contribution in [3.8, 4) is 23.1 Å². The van der Waals surface area contributed by atoms with Crippen molar-refractivity contribution >= 4 is 22.6 Å². The van der Waals surface area contributed by atoms with Crippen molar-refractivity contribution in [1.82, 2.24) is 40.0 Å². The lowest BCUT2D eigenvalue weighted by molar-refractivity contribution is 0.257. The van der Waals surface area contributed by atoms with Gasteiger partial charge in [0.1, 0.15) is 0 Å². The molecule has 1 aliphatic rings. The minimum atomic E-state index is 0.172. The van der Waals surface area contributed by atoms with E-state index in [1.807, 2.05) is 41.0 Å². The fraction of sp³-hybridized carbons (Fsp3) is 0.222. The van der Waals surface area contributed by atoms with E-state index in [1.54, 1.807) is 12.4 Å². The van der Waals surface area contributed by atoms with E-state index < -0.39 is 0 Å². The molecule has 0 N–H and O–H groups in total. The standard InChI is InChI=1S/C18H15IN8O/c19-13-2-1-3-15(10-13)27-24-16(21-25-27)11-28-18-23-22-17(26(18)14-4-5-14)12-6-8-20-9-7-12/h1-3,6-10,14H,4-5,11H2. The number of nitrogens with zero attached hydrogens (tertiary/aromatic N) is 8. The van der Waals surface area contributed by atoms with Gasteiger partial charge in [-0.3, -0.25) is 9.55 Å². The Balaban J connectivity index is 1.36. The van der Waals surface area contributed by atoms with Gasteiger partial charge in [-0.05, 0) is 71.0 Å². The monoisotopic (exact) mass is 486 g/mol. The van der Waals surface area contributed by atoms with Crippen molar-refractivity contribution in [3.05, 3.63) is 58.2 Å². The molecule has 3 heterocycles. The maximum absolute atomic E-state index is 5.89. The first-order chi connectivity index (χ1) is 13.8. The number of ether oxygens (including phenoxy) is 1. The summed E-state index contributed by atoms with van der Waals surface area (Å²) >= 11 is 2.25. The zero-order valence-electron chi connectivity index (χ0n) is 14.7. The van der Waals surface area contributed by atoms with E-state index in [-0.39, 0.29) is 6.61 Å². The van der Waals surface area contributed by atoms with Crippen molar-refractivity contribution in [1.29, 1.82) is 0 Å². The van der Waals surface area contributed by atoms with Crippen LogP contribution in [0.1, 0.15) is 24.7 Å². The van der Waals surface area contributed by atoms with Gasteiger partial charge in [0.2, 0.25) is 5.82 Å². The number of rotatable bonds is 6. The molecule has 0 aliphatic heterocycles. The molecule has 0 atom stereocenters. The highest BCUT2D eigenvalue weighted by atomic mass is 127. The predicted octanol–water partition coefficient (Wildman–Crippen LogP) is 2.83. The molecule has 0 bridgehead atoms. The van der Waals surface area contributed by atoms with Crippen molar-refractivity contribution in [3.63, 3.8) is 0 Å². The van der Waals surface area contributed by atoms with Crippen LogP contribution < -0.4 is 4.74 Å². The third-order valence-electron chi connectivity index (χ3n) is 4.34. The van der Waals surface area contributed by atoms with E-state index in [2.05, 4.69) is 53.2 Å². The van der Waals surface area contributed by atoms with Gasteiger partial charge in [-0.15, -0.1) is 20.1 Å². The molecule has 5 rings (SSSR count). The Morgan fingerprint density at radius 1 is 1.07 bits per heavy atom. The van der Waals surface area contributed by atoms with E-state index in [0.29, 0.717) is 17.9 Å². The molecule has 0 spiro atoms. The summed E-state index contributed by atoms with van der Waals surface area (Å²) < 4.78 is 9.04. The first kappa shape index (κ1) is 17.2. The Bertz CT molecular complexity index is 1110. The maximum atomic E-state index is 5.89. The third-order valence-corrected chi connectivity index (χ3v) is 5.01. The van der Waals surface area contributed by atoms with E-state index in [1.165, 1.54) is 4.80 Å². The second-order valence-electron chi connectivity index (χ2n) is 6.41. The SMILES string of the molecule is Ic1cccc(-n2nnc(COc3nnc(-c4ccncc4)n3C3CC3)n2)c1. The van der Waals surface area contributed by atoms with Crippen LogP contribution in [0.2, 0.25) is 0 Å². The molecule has 0 saturated heterocycles. The molecule has 28 heavy (non-hydrogen) atoms. The van der Waals surface area contributed by atoms with Crippen LogP contribution in [0.5, 0.6) is 6.01 Å². The Kier molecular flexibility index (Phi) is 4.47. The molecule has 10 heteroatoms. The molecular formula is C18H15IN8O. The summed E-state index contributed by atoms with van der Waals surface area (Å²) in [6.45, 7) is 0.172. The van der Waals surface area contributed by atoms with Gasteiger partial charge in [0.15, 0.2) is 12.4 Å². The van der Waals surface area contributed by atoms with Gasteiger partial charge in [-0.1, -0.05) is 11.2 Å². The molecule has 3 aromatic heterocycles. The van der Waals surface area contributed by atoms with E-state index in [9.17, 15) is 0 Å². The zero-order valence-corrected chi connectivity index (χ0v) is 16.8. The number of tetrazole rings is 1. The molecule has 9 nitrogen and oxygen atoms in total. The van der Waals surface area contributed by atoms with Crippen molar-refractivity contribution in [2.45, 2.75) is 25.5 Å². The summed E-state index contributed by atoms with van der Waals surface area (Å²) in [5.41, 5.74) is 1.82. The van der Waals surface area contributed by atoms with Crippen molar-refractivity contribution < 1.29 is 4.74 Å². The van der Waals surface area contributed by atoms with Crippen molar-refractivity contribution in [2.24, 2.45) is 0 Å². The van der Waals surface area contributed by atoms with Crippen LogP contribution in [0.25, 0.3) is 17.1 Å². The third kappa shape index (κ3) is 3.46. The van der Waals surface area contributed by atoms with E-state index >= 15 is 0 Å². The molecule has 1 aliphatic carbocycles. The summed E-state index contributed by atoms with van der Waals surface area (Å²) in [6, 6.07) is 12.5. The second kappa shape index (κ2) is 7.26. The fourth-order valence-electron chi connectivity index (χ4n) is 2.88. The lowest BCUT2D eigenvalue weighted by atomic mass is 10.2. The van der Waals surface area contributed by atoms with Gasteiger partial charge in [-0.2, -0.15) is 0 Å². The summed E-state index contributed by atoms with van der Waals surface area (Å²) in [5, 5.41) is 21.1. The van der Waals surface area contributed by atoms with Gasteiger partial charge < -0.3 is 4.74 Å². The van der Waals surface area contributed by atoms with Gasteiger partial charge in [0.05, 0.1) is 5.69 Å². The van der Waals surface area contributed by atoms with Crippen LogP contribution in [0, 0.1) is 3.57 Å².